The van der Waals surface area contributed by atoms with Crippen LogP contribution >= 0.6 is 23.2 Å². The van der Waals surface area contributed by atoms with E-state index in [9.17, 15) is 23.4 Å². The van der Waals surface area contributed by atoms with E-state index < -0.39 is 23.9 Å². The molecule has 2 nitrogen and oxygen atoms in total. The average molecular weight is 289 g/mol. The van der Waals surface area contributed by atoms with E-state index in [4.69, 9.17) is 23.2 Å². The van der Waals surface area contributed by atoms with Crippen molar-refractivity contribution < 1.29 is 23.4 Å². The molecule has 0 aromatic heterocycles. The molecule has 0 aliphatic heterocycles. The van der Waals surface area contributed by atoms with Crippen LogP contribution in [0.15, 0.2) is 18.2 Å². The largest absolute Gasteiger partial charge is 0.416 e. The van der Waals surface area contributed by atoms with E-state index in [1.807, 2.05) is 0 Å². The molecule has 17 heavy (non-hydrogen) atoms. The predicted molar refractivity (Wildman–Crippen MR) is 58.1 cm³/mol. The molecule has 96 valence electrons. The van der Waals surface area contributed by atoms with Crippen LogP contribution in [0.5, 0.6) is 0 Å². The van der Waals surface area contributed by atoms with Gasteiger partial charge in [-0.1, -0.05) is 11.6 Å². The Kier molecular flexibility index (Phi) is 4.66. The van der Waals surface area contributed by atoms with Gasteiger partial charge in [0, 0.05) is 10.6 Å². The van der Waals surface area contributed by atoms with Crippen molar-refractivity contribution in [3.63, 3.8) is 0 Å². The van der Waals surface area contributed by atoms with Gasteiger partial charge in [-0.15, -0.1) is 11.6 Å². The first-order valence-electron chi connectivity index (χ1n) is 4.56. The molecule has 0 saturated heterocycles. The van der Waals surface area contributed by atoms with Gasteiger partial charge in [0.25, 0.3) is 0 Å². The van der Waals surface area contributed by atoms with Crippen molar-refractivity contribution in [1.82, 2.24) is 0 Å². The van der Waals surface area contributed by atoms with Gasteiger partial charge in [-0.2, -0.15) is 13.2 Å². The zero-order valence-electron chi connectivity index (χ0n) is 8.38. The lowest BCUT2D eigenvalue weighted by atomic mass is 10.0. The molecular formula is C10H9Cl2F3O2. The Hall–Kier alpha value is -0.490. The molecule has 0 bridgehead atoms. The van der Waals surface area contributed by atoms with E-state index in [0.717, 1.165) is 12.1 Å². The Labute approximate surface area is 106 Å². The van der Waals surface area contributed by atoms with Crippen molar-refractivity contribution >= 4 is 23.2 Å². The van der Waals surface area contributed by atoms with Crippen LogP contribution in [0.4, 0.5) is 13.2 Å². The monoisotopic (exact) mass is 288 g/mol. The maximum Gasteiger partial charge on any atom is 0.416 e. The SMILES string of the molecule is OC(CCl)C(O)c1cc(C(F)(F)F)ccc1Cl. The van der Waals surface area contributed by atoms with Gasteiger partial charge < -0.3 is 10.2 Å². The van der Waals surface area contributed by atoms with Gasteiger partial charge in [-0.05, 0) is 18.2 Å². The van der Waals surface area contributed by atoms with Gasteiger partial charge in [0.05, 0.1) is 17.5 Å². The van der Waals surface area contributed by atoms with E-state index in [1.165, 1.54) is 0 Å². The summed E-state index contributed by atoms with van der Waals surface area (Å²) in [5.74, 6) is -0.312. The fourth-order valence-corrected chi connectivity index (χ4v) is 1.64. The highest BCUT2D eigenvalue weighted by Gasteiger charge is 2.32. The van der Waals surface area contributed by atoms with E-state index >= 15 is 0 Å². The summed E-state index contributed by atoms with van der Waals surface area (Å²) in [4.78, 5) is 0. The molecule has 1 aromatic rings. The van der Waals surface area contributed by atoms with Crippen molar-refractivity contribution in [3.05, 3.63) is 34.3 Å². The summed E-state index contributed by atoms with van der Waals surface area (Å²) in [5, 5.41) is 18.8. The first kappa shape index (κ1) is 14.6. The predicted octanol–water partition coefficient (Wildman–Crippen LogP) is 2.99. The number of rotatable bonds is 3. The minimum absolute atomic E-state index is 0.0605. The third-order valence-corrected chi connectivity index (χ3v) is 2.82. The molecule has 0 aliphatic rings. The second-order valence-electron chi connectivity index (χ2n) is 3.40. The van der Waals surface area contributed by atoms with Gasteiger partial charge in [0.15, 0.2) is 0 Å². The van der Waals surface area contributed by atoms with Crippen molar-refractivity contribution in [2.75, 3.05) is 5.88 Å². The molecule has 2 atom stereocenters. The number of aliphatic hydroxyl groups excluding tert-OH is 2. The molecule has 7 heteroatoms. The van der Waals surface area contributed by atoms with Crippen molar-refractivity contribution in [2.45, 2.75) is 18.4 Å². The lowest BCUT2D eigenvalue weighted by Crippen LogP contribution is -2.20. The summed E-state index contributed by atoms with van der Waals surface area (Å²) in [6.07, 6.45) is -7.47. The minimum Gasteiger partial charge on any atom is -0.389 e. The van der Waals surface area contributed by atoms with Gasteiger partial charge in [0.2, 0.25) is 0 Å². The number of aliphatic hydroxyl groups is 2. The van der Waals surface area contributed by atoms with Crippen molar-refractivity contribution in [2.24, 2.45) is 0 Å². The van der Waals surface area contributed by atoms with Crippen LogP contribution in [0.3, 0.4) is 0 Å². The summed E-state index contributed by atoms with van der Waals surface area (Å²) >= 11 is 11.0. The second-order valence-corrected chi connectivity index (χ2v) is 4.12. The fourth-order valence-electron chi connectivity index (χ4n) is 1.24. The van der Waals surface area contributed by atoms with Crippen LogP contribution in [0, 0.1) is 0 Å². The molecule has 2 N–H and O–H groups in total. The number of hydrogen-bond acceptors (Lipinski definition) is 2. The van der Waals surface area contributed by atoms with Crippen LogP contribution < -0.4 is 0 Å². The summed E-state index contributed by atoms with van der Waals surface area (Å²) in [6.45, 7) is 0. The lowest BCUT2D eigenvalue weighted by molar-refractivity contribution is -0.137. The van der Waals surface area contributed by atoms with E-state index in [-0.39, 0.29) is 16.5 Å². The Balaban J connectivity index is 3.15. The molecule has 0 fully saturated rings. The number of alkyl halides is 4. The van der Waals surface area contributed by atoms with E-state index in [0.29, 0.717) is 6.07 Å². The molecule has 0 saturated carbocycles. The minimum atomic E-state index is -4.54. The third-order valence-electron chi connectivity index (χ3n) is 2.16. The van der Waals surface area contributed by atoms with Gasteiger partial charge >= 0.3 is 6.18 Å². The van der Waals surface area contributed by atoms with Crippen molar-refractivity contribution in [3.8, 4) is 0 Å². The number of benzene rings is 1. The fraction of sp³-hybridized carbons (Fsp3) is 0.400. The Morgan fingerprint density at radius 2 is 1.82 bits per heavy atom. The third kappa shape index (κ3) is 3.48. The Morgan fingerprint density at radius 1 is 1.24 bits per heavy atom. The highest BCUT2D eigenvalue weighted by atomic mass is 35.5. The zero-order valence-corrected chi connectivity index (χ0v) is 9.89. The first-order chi connectivity index (χ1) is 7.77. The summed E-state index contributed by atoms with van der Waals surface area (Å²) in [5.41, 5.74) is -1.15. The number of halogens is 5. The first-order valence-corrected chi connectivity index (χ1v) is 5.47. The molecule has 0 spiro atoms. The summed E-state index contributed by atoms with van der Waals surface area (Å²) < 4.78 is 37.3. The smallest absolute Gasteiger partial charge is 0.389 e. The van der Waals surface area contributed by atoms with Crippen LogP contribution in [0.2, 0.25) is 5.02 Å². The maximum atomic E-state index is 12.4. The molecule has 0 aliphatic carbocycles. The molecule has 0 radical (unpaired) electrons. The topological polar surface area (TPSA) is 40.5 Å². The number of hydrogen-bond donors (Lipinski definition) is 2. The van der Waals surface area contributed by atoms with Crippen LogP contribution in [0.1, 0.15) is 17.2 Å². The quantitative estimate of drug-likeness (QED) is 0.840. The average Bonchev–Trinajstić information content (AvgIpc) is 2.26. The zero-order chi connectivity index (χ0) is 13.2. The Bertz CT molecular complexity index is 396. The molecule has 1 rings (SSSR count). The molecule has 2 unspecified atom stereocenters. The van der Waals surface area contributed by atoms with Crippen LogP contribution in [0.25, 0.3) is 0 Å². The standard InChI is InChI=1S/C10H9Cl2F3O2/c11-4-8(16)9(17)6-3-5(10(13,14)15)1-2-7(6)12/h1-3,8-9,16-17H,4H2. The molecule has 0 heterocycles. The van der Waals surface area contributed by atoms with Gasteiger partial charge in [-0.3, -0.25) is 0 Å². The molecule has 1 aromatic carbocycles. The van der Waals surface area contributed by atoms with Crippen LogP contribution in [-0.2, 0) is 6.18 Å². The summed E-state index contributed by atoms with van der Waals surface area (Å²) in [7, 11) is 0. The highest BCUT2D eigenvalue weighted by molar-refractivity contribution is 6.31. The van der Waals surface area contributed by atoms with Crippen LogP contribution in [-0.4, -0.2) is 22.2 Å². The normalized spacial score (nSPS) is 15.7. The summed E-state index contributed by atoms with van der Waals surface area (Å²) in [6, 6.07) is 2.51. The van der Waals surface area contributed by atoms with E-state index in [2.05, 4.69) is 0 Å². The highest BCUT2D eigenvalue weighted by Crippen LogP contribution is 2.34. The maximum absolute atomic E-state index is 12.4. The van der Waals surface area contributed by atoms with E-state index in [1.54, 1.807) is 0 Å². The molecular weight excluding hydrogens is 280 g/mol. The van der Waals surface area contributed by atoms with Gasteiger partial charge in [0.1, 0.15) is 6.10 Å². The van der Waals surface area contributed by atoms with Crippen molar-refractivity contribution in [1.29, 1.82) is 0 Å². The second kappa shape index (κ2) is 5.44. The Morgan fingerprint density at radius 3 is 2.29 bits per heavy atom. The molecule has 0 amide bonds. The van der Waals surface area contributed by atoms with Gasteiger partial charge in [-0.25, -0.2) is 0 Å². The lowest BCUT2D eigenvalue weighted by Gasteiger charge is -2.18.